The Bertz CT molecular complexity index is 735. The second kappa shape index (κ2) is 4.02. The lowest BCUT2D eigenvalue weighted by Gasteiger charge is -2.14. The van der Waals surface area contributed by atoms with Crippen LogP contribution < -0.4 is 10.2 Å². The van der Waals surface area contributed by atoms with E-state index in [1.54, 1.807) is 6.92 Å². The summed E-state index contributed by atoms with van der Waals surface area (Å²) in [4.78, 5) is 18.1. The normalized spacial score (nSPS) is 22.6. The predicted octanol–water partition coefficient (Wildman–Crippen LogP) is 2.31. The molecule has 0 radical (unpaired) electrons. The molecule has 1 aliphatic carbocycles. The zero-order valence-electron chi connectivity index (χ0n) is 10.9. The molecule has 1 aromatic carbocycles. The van der Waals surface area contributed by atoms with Gasteiger partial charge >= 0.3 is 0 Å². The van der Waals surface area contributed by atoms with Crippen LogP contribution in [0.2, 0.25) is 0 Å². The molecule has 1 atom stereocenters. The number of anilines is 1. The fourth-order valence-corrected chi connectivity index (χ4v) is 2.80. The van der Waals surface area contributed by atoms with Crippen LogP contribution in [-0.2, 0) is 4.79 Å². The number of carbonyl (C=O) groups is 1. The number of hydrogen-bond donors (Lipinski definition) is 1. The molecule has 2 aromatic rings. The number of nitrogens with zero attached hydrogens (tertiary/aromatic N) is 2. The molecule has 1 unspecified atom stereocenters. The van der Waals surface area contributed by atoms with Crippen molar-refractivity contribution < 1.29 is 9.21 Å². The van der Waals surface area contributed by atoms with E-state index in [9.17, 15) is 4.79 Å². The third kappa shape index (κ3) is 1.71. The summed E-state index contributed by atoms with van der Waals surface area (Å²) in [7, 11) is 0. The van der Waals surface area contributed by atoms with Gasteiger partial charge in [-0.05, 0) is 50.2 Å². The maximum absolute atomic E-state index is 12.1. The zero-order chi connectivity index (χ0) is 13.9. The molecule has 2 fully saturated rings. The molecule has 2 heterocycles. The van der Waals surface area contributed by atoms with Crippen molar-refractivity contribution in [1.82, 2.24) is 10.3 Å². The van der Waals surface area contributed by atoms with E-state index in [0.717, 1.165) is 35.5 Å². The lowest BCUT2D eigenvalue weighted by atomic mass is 10.2. The average molecular weight is 287 g/mol. The van der Waals surface area contributed by atoms with Crippen molar-refractivity contribution in [3.05, 3.63) is 24.1 Å². The molecule has 6 heteroatoms. The third-order valence-corrected chi connectivity index (χ3v) is 4.01. The summed E-state index contributed by atoms with van der Waals surface area (Å²) in [5.41, 5.74) is 2.27. The highest BCUT2D eigenvalue weighted by Gasteiger charge is 2.34. The Labute approximate surface area is 120 Å². The first kappa shape index (κ1) is 11.8. The standard InChI is InChI=1S/C14H13N3O2S/c1-7-13(18)17(14(20)15-7)9-4-5-11-10(6-9)16-12(19-11)8-2-3-8/h4-8H,2-3H2,1H3,(H,15,20). The van der Waals surface area contributed by atoms with Crippen LogP contribution in [0, 0.1) is 0 Å². The van der Waals surface area contributed by atoms with Crippen LogP contribution in [0.4, 0.5) is 5.69 Å². The molecule has 1 saturated heterocycles. The Morgan fingerprint density at radius 3 is 2.90 bits per heavy atom. The van der Waals surface area contributed by atoms with Gasteiger partial charge in [-0.3, -0.25) is 9.69 Å². The number of nitrogens with one attached hydrogen (secondary N) is 1. The van der Waals surface area contributed by atoms with Gasteiger partial charge in [0.2, 0.25) is 0 Å². The van der Waals surface area contributed by atoms with Crippen molar-refractivity contribution in [2.24, 2.45) is 0 Å². The lowest BCUT2D eigenvalue weighted by Crippen LogP contribution is -2.30. The molecule has 102 valence electrons. The minimum absolute atomic E-state index is 0.0414. The van der Waals surface area contributed by atoms with E-state index in [4.69, 9.17) is 16.6 Å². The molecule has 1 N–H and O–H groups in total. The van der Waals surface area contributed by atoms with Gasteiger partial charge in [-0.1, -0.05) is 0 Å². The number of hydrogen-bond acceptors (Lipinski definition) is 4. The van der Waals surface area contributed by atoms with Crippen LogP contribution in [0.5, 0.6) is 0 Å². The maximum atomic E-state index is 12.1. The second-order valence-electron chi connectivity index (χ2n) is 5.32. The number of thiocarbonyl (C=S) groups is 1. The highest BCUT2D eigenvalue weighted by atomic mass is 32.1. The summed E-state index contributed by atoms with van der Waals surface area (Å²) in [6.45, 7) is 1.80. The summed E-state index contributed by atoms with van der Waals surface area (Å²) < 4.78 is 5.72. The molecule has 20 heavy (non-hydrogen) atoms. The molecular formula is C14H13N3O2S. The summed E-state index contributed by atoms with van der Waals surface area (Å²) in [5, 5.41) is 3.40. The van der Waals surface area contributed by atoms with Crippen molar-refractivity contribution in [1.29, 1.82) is 0 Å². The number of oxazole rings is 1. The van der Waals surface area contributed by atoms with E-state index >= 15 is 0 Å². The monoisotopic (exact) mass is 287 g/mol. The van der Waals surface area contributed by atoms with Gasteiger partial charge < -0.3 is 9.73 Å². The molecule has 1 aromatic heterocycles. The van der Waals surface area contributed by atoms with Gasteiger partial charge in [-0.15, -0.1) is 0 Å². The first-order valence-corrected chi connectivity index (χ1v) is 7.09. The van der Waals surface area contributed by atoms with E-state index in [1.807, 2.05) is 18.2 Å². The van der Waals surface area contributed by atoms with Crippen molar-refractivity contribution in [3.8, 4) is 0 Å². The Kier molecular flexibility index (Phi) is 2.38. The summed E-state index contributed by atoms with van der Waals surface area (Å²) >= 11 is 5.21. The molecule has 5 nitrogen and oxygen atoms in total. The van der Waals surface area contributed by atoms with Crippen molar-refractivity contribution in [2.45, 2.75) is 31.7 Å². The van der Waals surface area contributed by atoms with Gasteiger partial charge in [0.05, 0.1) is 5.69 Å². The van der Waals surface area contributed by atoms with Gasteiger partial charge in [0.1, 0.15) is 11.6 Å². The van der Waals surface area contributed by atoms with Gasteiger partial charge in [0, 0.05) is 5.92 Å². The van der Waals surface area contributed by atoms with Crippen LogP contribution >= 0.6 is 12.2 Å². The third-order valence-electron chi connectivity index (χ3n) is 3.71. The SMILES string of the molecule is CC1NC(=S)N(c2ccc3oc(C4CC4)nc3c2)C1=O. The largest absolute Gasteiger partial charge is 0.440 e. The average Bonchev–Trinajstić information content (AvgIpc) is 3.13. The van der Waals surface area contributed by atoms with E-state index in [-0.39, 0.29) is 11.9 Å². The summed E-state index contributed by atoms with van der Waals surface area (Å²) in [5.74, 6) is 1.24. The van der Waals surface area contributed by atoms with Crippen molar-refractivity contribution in [3.63, 3.8) is 0 Å². The fraction of sp³-hybridized carbons (Fsp3) is 0.357. The van der Waals surface area contributed by atoms with Crippen LogP contribution in [0.15, 0.2) is 22.6 Å². The molecule has 0 spiro atoms. The topological polar surface area (TPSA) is 58.4 Å². The smallest absolute Gasteiger partial charge is 0.255 e. The molecular weight excluding hydrogens is 274 g/mol. The Morgan fingerprint density at radius 2 is 2.25 bits per heavy atom. The van der Waals surface area contributed by atoms with Gasteiger partial charge in [-0.2, -0.15) is 0 Å². The molecule has 1 amide bonds. The highest BCUT2D eigenvalue weighted by molar-refractivity contribution is 7.80. The Hall–Kier alpha value is -1.95. The number of fused-ring (bicyclic) bond motifs is 1. The molecule has 1 aliphatic heterocycles. The van der Waals surface area contributed by atoms with E-state index < -0.39 is 0 Å². The maximum Gasteiger partial charge on any atom is 0.255 e. The Balaban J connectivity index is 1.76. The molecule has 2 aliphatic rings. The first-order chi connectivity index (χ1) is 9.63. The molecule has 0 bridgehead atoms. The van der Waals surface area contributed by atoms with Crippen LogP contribution in [0.25, 0.3) is 11.1 Å². The van der Waals surface area contributed by atoms with Gasteiger partial charge in [0.25, 0.3) is 5.91 Å². The summed E-state index contributed by atoms with van der Waals surface area (Å²) in [6.07, 6.45) is 2.30. The zero-order valence-corrected chi connectivity index (χ0v) is 11.7. The van der Waals surface area contributed by atoms with Crippen LogP contribution in [0.3, 0.4) is 0 Å². The van der Waals surface area contributed by atoms with Gasteiger partial charge in [-0.25, -0.2) is 4.98 Å². The number of amides is 1. The minimum atomic E-state index is -0.280. The van der Waals surface area contributed by atoms with Gasteiger partial charge in [0.15, 0.2) is 16.6 Å². The number of carbonyl (C=O) groups excluding carboxylic acids is 1. The minimum Gasteiger partial charge on any atom is -0.440 e. The fourth-order valence-electron chi connectivity index (χ4n) is 2.43. The number of benzene rings is 1. The molecule has 4 rings (SSSR count). The van der Waals surface area contributed by atoms with Crippen molar-refractivity contribution >= 4 is 40.0 Å². The predicted molar refractivity (Wildman–Crippen MR) is 78.7 cm³/mol. The summed E-state index contributed by atoms with van der Waals surface area (Å²) in [6, 6.07) is 5.27. The highest BCUT2D eigenvalue weighted by Crippen LogP contribution is 2.40. The van der Waals surface area contributed by atoms with Crippen LogP contribution in [0.1, 0.15) is 31.6 Å². The second-order valence-corrected chi connectivity index (χ2v) is 5.71. The first-order valence-electron chi connectivity index (χ1n) is 6.68. The van der Waals surface area contributed by atoms with E-state index in [2.05, 4.69) is 10.3 Å². The van der Waals surface area contributed by atoms with Crippen LogP contribution in [-0.4, -0.2) is 22.0 Å². The molecule has 1 saturated carbocycles. The number of rotatable bonds is 2. The lowest BCUT2D eigenvalue weighted by molar-refractivity contribution is -0.117. The van der Waals surface area contributed by atoms with E-state index in [0.29, 0.717) is 11.0 Å². The van der Waals surface area contributed by atoms with E-state index in [1.165, 1.54) is 4.90 Å². The number of aromatic nitrogens is 1. The van der Waals surface area contributed by atoms with Crippen molar-refractivity contribution in [2.75, 3.05) is 4.90 Å². The quantitative estimate of drug-likeness (QED) is 0.859. The Morgan fingerprint density at radius 1 is 1.45 bits per heavy atom.